The zero-order chi connectivity index (χ0) is 15.5. The molecule has 0 fully saturated rings. The van der Waals surface area contributed by atoms with Gasteiger partial charge in [-0.1, -0.05) is 44.0 Å². The fourth-order valence-electron chi connectivity index (χ4n) is 1.69. The van der Waals surface area contributed by atoms with Crippen molar-refractivity contribution in [2.24, 2.45) is 0 Å². The zero-order valence-corrected chi connectivity index (χ0v) is 14.8. The average Bonchev–Trinajstić information content (AvgIpc) is 2.48. The second-order valence-electron chi connectivity index (χ2n) is 4.34. The molecular weight excluding hydrogens is 425 g/mol. The summed E-state index contributed by atoms with van der Waals surface area (Å²) in [5.41, 5.74) is 1.26. The van der Waals surface area contributed by atoms with E-state index >= 15 is 0 Å². The van der Waals surface area contributed by atoms with Gasteiger partial charge in [-0.3, -0.25) is 0 Å². The monoisotopic (exact) mass is 435 g/mol. The van der Waals surface area contributed by atoms with Crippen molar-refractivity contribution in [2.45, 2.75) is 16.8 Å². The molecule has 0 bridgehead atoms. The molecule has 0 unspecified atom stereocenters. The second-order valence-corrected chi connectivity index (χ2v) is 7.58. The fraction of sp³-hybridized carbons (Fsp3) is 0.143. The van der Waals surface area contributed by atoms with Crippen LogP contribution in [0.5, 0.6) is 0 Å². The van der Waals surface area contributed by atoms with Crippen LogP contribution in [0.3, 0.4) is 0 Å². The third kappa shape index (κ3) is 4.35. The summed E-state index contributed by atoms with van der Waals surface area (Å²) in [6.45, 7) is -0.103. The molecule has 21 heavy (non-hydrogen) atoms. The smallest absolute Gasteiger partial charge is 0.207 e. The lowest BCUT2D eigenvalue weighted by molar-refractivity contribution is 0.574. The van der Waals surface area contributed by atoms with Gasteiger partial charge >= 0.3 is 0 Å². The Balaban J connectivity index is 2.15. The van der Waals surface area contributed by atoms with Gasteiger partial charge in [-0.05, 0) is 35.9 Å². The predicted octanol–water partition coefficient (Wildman–Crippen LogP) is 3.96. The summed E-state index contributed by atoms with van der Waals surface area (Å²) >= 11 is 6.53. The van der Waals surface area contributed by atoms with Crippen LogP contribution in [0, 0.1) is 5.82 Å². The maximum Gasteiger partial charge on any atom is 0.240 e. The van der Waals surface area contributed by atoms with E-state index in [4.69, 9.17) is 0 Å². The van der Waals surface area contributed by atoms with E-state index in [0.29, 0.717) is 9.80 Å². The Kier molecular flexibility index (Phi) is 5.54. The van der Waals surface area contributed by atoms with Crippen LogP contribution in [-0.4, -0.2) is 8.42 Å². The molecule has 0 amide bonds. The standard InChI is InChI=1S/C14H12Br2FNO2S/c15-8-10-1-4-13(5-2-10)21(19,20)18-9-11-7-12(16)3-6-14(11)17/h1-7,18H,8-9H2. The van der Waals surface area contributed by atoms with Crippen LogP contribution in [0.4, 0.5) is 4.39 Å². The maximum atomic E-state index is 13.6. The van der Waals surface area contributed by atoms with Crippen LogP contribution in [0.15, 0.2) is 51.8 Å². The Morgan fingerprint density at radius 2 is 1.76 bits per heavy atom. The molecule has 0 aliphatic heterocycles. The average molecular weight is 437 g/mol. The van der Waals surface area contributed by atoms with Gasteiger partial charge in [0.15, 0.2) is 0 Å². The first-order chi connectivity index (χ1) is 9.92. The highest BCUT2D eigenvalue weighted by atomic mass is 79.9. The number of nitrogens with one attached hydrogen (secondary N) is 1. The van der Waals surface area contributed by atoms with Gasteiger partial charge in [-0.15, -0.1) is 0 Å². The molecule has 0 heterocycles. The first kappa shape index (κ1) is 16.6. The predicted molar refractivity (Wildman–Crippen MR) is 87.2 cm³/mol. The number of sulfonamides is 1. The molecule has 0 saturated heterocycles. The Morgan fingerprint density at radius 1 is 1.10 bits per heavy atom. The highest BCUT2D eigenvalue weighted by molar-refractivity contribution is 9.10. The minimum absolute atomic E-state index is 0.103. The van der Waals surface area contributed by atoms with Gasteiger partial charge in [-0.25, -0.2) is 17.5 Å². The molecule has 0 aromatic heterocycles. The van der Waals surface area contributed by atoms with E-state index < -0.39 is 15.8 Å². The third-order valence-electron chi connectivity index (χ3n) is 2.85. The highest BCUT2D eigenvalue weighted by Gasteiger charge is 2.14. The summed E-state index contributed by atoms with van der Waals surface area (Å²) in [5, 5.41) is 0.657. The SMILES string of the molecule is O=S(=O)(NCc1cc(Br)ccc1F)c1ccc(CBr)cc1. The number of hydrogen-bond donors (Lipinski definition) is 1. The van der Waals surface area contributed by atoms with E-state index in [9.17, 15) is 12.8 Å². The van der Waals surface area contributed by atoms with E-state index in [1.54, 1.807) is 24.3 Å². The van der Waals surface area contributed by atoms with Gasteiger partial charge in [0.05, 0.1) is 4.90 Å². The van der Waals surface area contributed by atoms with Gasteiger partial charge in [-0.2, -0.15) is 0 Å². The molecule has 0 aliphatic carbocycles. The van der Waals surface area contributed by atoms with Crippen LogP contribution in [-0.2, 0) is 21.9 Å². The van der Waals surface area contributed by atoms with Gasteiger partial charge < -0.3 is 0 Å². The Morgan fingerprint density at radius 3 is 2.38 bits per heavy atom. The molecular formula is C14H12Br2FNO2S. The topological polar surface area (TPSA) is 46.2 Å². The van der Waals surface area contributed by atoms with Crippen molar-refractivity contribution in [3.05, 3.63) is 63.9 Å². The first-order valence-electron chi connectivity index (χ1n) is 6.01. The Bertz CT molecular complexity index is 733. The van der Waals surface area contributed by atoms with Crippen molar-refractivity contribution in [2.75, 3.05) is 0 Å². The van der Waals surface area contributed by atoms with Crippen LogP contribution in [0.25, 0.3) is 0 Å². The molecule has 3 nitrogen and oxygen atoms in total. The molecule has 0 radical (unpaired) electrons. The Labute approximate surface area is 139 Å². The summed E-state index contributed by atoms with van der Waals surface area (Å²) < 4.78 is 41.0. The largest absolute Gasteiger partial charge is 0.240 e. The quantitative estimate of drug-likeness (QED) is 0.721. The van der Waals surface area contributed by atoms with Gasteiger partial charge in [0, 0.05) is 21.9 Å². The van der Waals surface area contributed by atoms with Gasteiger partial charge in [0.1, 0.15) is 5.82 Å². The van der Waals surface area contributed by atoms with Crippen LogP contribution in [0.1, 0.15) is 11.1 Å². The summed E-state index contributed by atoms with van der Waals surface area (Å²) in [6.07, 6.45) is 0. The molecule has 1 N–H and O–H groups in total. The molecule has 0 atom stereocenters. The van der Waals surface area contributed by atoms with E-state index in [1.807, 2.05) is 0 Å². The van der Waals surface area contributed by atoms with Crippen molar-refractivity contribution in [3.8, 4) is 0 Å². The summed E-state index contributed by atoms with van der Waals surface area (Å²) in [6, 6.07) is 10.9. The van der Waals surface area contributed by atoms with Crippen LogP contribution < -0.4 is 4.72 Å². The molecule has 2 rings (SSSR count). The van der Waals surface area contributed by atoms with Gasteiger partial charge in [0.2, 0.25) is 10.0 Å². The molecule has 2 aromatic carbocycles. The summed E-state index contributed by atoms with van der Waals surface area (Å²) in [4.78, 5) is 0.155. The van der Waals surface area contributed by atoms with Crippen molar-refractivity contribution in [1.82, 2.24) is 4.72 Å². The minimum atomic E-state index is -3.66. The van der Waals surface area contributed by atoms with E-state index in [2.05, 4.69) is 36.6 Å². The fourth-order valence-corrected chi connectivity index (χ4v) is 3.48. The van der Waals surface area contributed by atoms with Crippen LogP contribution in [0.2, 0.25) is 0 Å². The number of rotatable bonds is 5. The minimum Gasteiger partial charge on any atom is -0.207 e. The second kappa shape index (κ2) is 7.00. The molecule has 0 saturated carbocycles. The number of hydrogen-bond acceptors (Lipinski definition) is 2. The number of benzene rings is 2. The van der Waals surface area contributed by atoms with Gasteiger partial charge in [0.25, 0.3) is 0 Å². The Hall–Kier alpha value is -0.760. The molecule has 7 heteroatoms. The lowest BCUT2D eigenvalue weighted by atomic mass is 10.2. The van der Waals surface area contributed by atoms with Crippen molar-refractivity contribution in [1.29, 1.82) is 0 Å². The lowest BCUT2D eigenvalue weighted by Crippen LogP contribution is -2.23. The summed E-state index contributed by atoms with van der Waals surface area (Å²) in [7, 11) is -3.66. The van der Waals surface area contributed by atoms with Crippen LogP contribution >= 0.6 is 31.9 Å². The summed E-state index contributed by atoms with van der Waals surface area (Å²) in [5.74, 6) is -0.449. The van der Waals surface area contributed by atoms with E-state index in [1.165, 1.54) is 18.2 Å². The number of alkyl halides is 1. The van der Waals surface area contributed by atoms with Crippen molar-refractivity contribution in [3.63, 3.8) is 0 Å². The lowest BCUT2D eigenvalue weighted by Gasteiger charge is -2.08. The normalized spacial score (nSPS) is 11.6. The molecule has 0 spiro atoms. The molecule has 0 aliphatic rings. The molecule has 2 aromatic rings. The zero-order valence-electron chi connectivity index (χ0n) is 10.8. The van der Waals surface area contributed by atoms with E-state index in [-0.39, 0.29) is 17.0 Å². The van der Waals surface area contributed by atoms with Crippen molar-refractivity contribution < 1.29 is 12.8 Å². The number of halogens is 3. The first-order valence-corrected chi connectivity index (χ1v) is 9.40. The molecule has 112 valence electrons. The highest BCUT2D eigenvalue weighted by Crippen LogP contribution is 2.17. The maximum absolute atomic E-state index is 13.6. The van der Waals surface area contributed by atoms with E-state index in [0.717, 1.165) is 5.56 Å². The van der Waals surface area contributed by atoms with Crippen molar-refractivity contribution >= 4 is 41.9 Å². The third-order valence-corrected chi connectivity index (χ3v) is 5.41.